The second-order valence-electron chi connectivity index (χ2n) is 5.30. The highest BCUT2D eigenvalue weighted by Crippen LogP contribution is 2.15. The van der Waals surface area contributed by atoms with Crippen molar-refractivity contribution in [3.8, 4) is 0 Å². The Bertz CT molecular complexity index is 668. The molecule has 2 aromatic rings. The van der Waals surface area contributed by atoms with Crippen LogP contribution in [0.15, 0.2) is 59.7 Å². The van der Waals surface area contributed by atoms with Crippen molar-refractivity contribution in [2.75, 3.05) is 0 Å². The number of rotatable bonds is 7. The smallest absolute Gasteiger partial charge is 0.267 e. The predicted octanol–water partition coefficient (Wildman–Crippen LogP) is 5.05. The van der Waals surface area contributed by atoms with Crippen LogP contribution in [-0.4, -0.2) is 11.6 Å². The summed E-state index contributed by atoms with van der Waals surface area (Å²) in [4.78, 5) is 12.2. The summed E-state index contributed by atoms with van der Waals surface area (Å²) in [7, 11) is 0. The fraction of sp³-hybridized carbons (Fsp3) is 0.263. The summed E-state index contributed by atoms with van der Waals surface area (Å²) in [6, 6.07) is 16.9. The normalized spacial score (nSPS) is 11.3. The highest BCUT2D eigenvalue weighted by molar-refractivity contribution is 6.33. The maximum atomic E-state index is 12.2. The molecule has 0 atom stereocenters. The van der Waals surface area contributed by atoms with Gasteiger partial charge in [-0.3, -0.25) is 4.79 Å². The largest absolute Gasteiger partial charge is 0.272 e. The lowest BCUT2D eigenvalue weighted by molar-refractivity contribution is 0.0955. The summed E-state index contributed by atoms with van der Waals surface area (Å²) >= 11 is 6.04. The molecule has 2 aromatic carbocycles. The summed E-state index contributed by atoms with van der Waals surface area (Å²) in [5.41, 5.74) is 4.98. The van der Waals surface area contributed by atoms with Crippen molar-refractivity contribution in [1.82, 2.24) is 5.43 Å². The van der Waals surface area contributed by atoms with Crippen molar-refractivity contribution in [3.05, 3.63) is 70.7 Å². The number of carbonyl (C=O) groups excluding carboxylic acids is 1. The average molecular weight is 329 g/mol. The van der Waals surface area contributed by atoms with Gasteiger partial charge < -0.3 is 0 Å². The lowest BCUT2D eigenvalue weighted by Crippen LogP contribution is -2.20. The number of nitrogens with one attached hydrogen (secondary N) is 1. The van der Waals surface area contributed by atoms with E-state index in [1.165, 1.54) is 0 Å². The number of amides is 1. The minimum atomic E-state index is -0.292. The first-order valence-electron chi connectivity index (χ1n) is 7.89. The van der Waals surface area contributed by atoms with Gasteiger partial charge in [-0.2, -0.15) is 5.10 Å². The Morgan fingerprint density at radius 3 is 2.43 bits per heavy atom. The topological polar surface area (TPSA) is 41.5 Å². The zero-order valence-corrected chi connectivity index (χ0v) is 14.0. The van der Waals surface area contributed by atoms with Crippen molar-refractivity contribution in [1.29, 1.82) is 0 Å². The van der Waals surface area contributed by atoms with Crippen LogP contribution in [0.3, 0.4) is 0 Å². The highest BCUT2D eigenvalue weighted by atomic mass is 35.5. The number of unbranched alkanes of at least 4 members (excludes halogenated alkanes) is 2. The van der Waals surface area contributed by atoms with Crippen LogP contribution in [0.1, 0.15) is 48.5 Å². The van der Waals surface area contributed by atoms with E-state index >= 15 is 0 Å². The van der Waals surface area contributed by atoms with E-state index in [2.05, 4.69) is 17.5 Å². The minimum absolute atomic E-state index is 0.292. The Hall–Kier alpha value is -2.13. The third-order valence-electron chi connectivity index (χ3n) is 3.54. The molecule has 0 unspecified atom stereocenters. The summed E-state index contributed by atoms with van der Waals surface area (Å²) in [6.45, 7) is 2.17. The standard InChI is InChI=1S/C19H21ClN2O/c1-2-3-5-14-18(15-10-6-4-7-11-15)21-22-19(23)16-12-8-9-13-17(16)20/h4,6-13H,2-3,5,14H2,1H3,(H,22,23)/b21-18+. The van der Waals surface area contributed by atoms with Crippen LogP contribution >= 0.6 is 11.6 Å². The SMILES string of the molecule is CCCCC/C(=N\NC(=O)c1ccccc1Cl)c1ccccc1. The fourth-order valence-electron chi connectivity index (χ4n) is 2.26. The third kappa shape index (κ3) is 5.22. The lowest BCUT2D eigenvalue weighted by Gasteiger charge is -2.08. The van der Waals surface area contributed by atoms with Crippen molar-refractivity contribution in [3.63, 3.8) is 0 Å². The monoisotopic (exact) mass is 328 g/mol. The molecule has 0 bridgehead atoms. The molecule has 0 heterocycles. The van der Waals surface area contributed by atoms with E-state index in [0.29, 0.717) is 10.6 Å². The molecule has 0 spiro atoms. The molecule has 1 amide bonds. The zero-order chi connectivity index (χ0) is 16.5. The Kier molecular flexibility index (Phi) is 6.82. The first-order valence-corrected chi connectivity index (χ1v) is 8.27. The van der Waals surface area contributed by atoms with Crippen molar-refractivity contribution in [2.45, 2.75) is 32.6 Å². The van der Waals surface area contributed by atoms with E-state index in [1.807, 2.05) is 30.3 Å². The van der Waals surface area contributed by atoms with Crippen LogP contribution in [-0.2, 0) is 0 Å². The average Bonchev–Trinajstić information content (AvgIpc) is 2.59. The minimum Gasteiger partial charge on any atom is -0.267 e. The highest BCUT2D eigenvalue weighted by Gasteiger charge is 2.10. The molecular weight excluding hydrogens is 308 g/mol. The number of halogens is 1. The molecule has 23 heavy (non-hydrogen) atoms. The van der Waals surface area contributed by atoms with Crippen molar-refractivity contribution in [2.24, 2.45) is 5.10 Å². The Morgan fingerprint density at radius 1 is 1.04 bits per heavy atom. The maximum Gasteiger partial charge on any atom is 0.272 e. The maximum absolute atomic E-state index is 12.2. The van der Waals surface area contributed by atoms with E-state index in [4.69, 9.17) is 11.6 Å². The number of hydrazone groups is 1. The van der Waals surface area contributed by atoms with Crippen LogP contribution < -0.4 is 5.43 Å². The van der Waals surface area contributed by atoms with Gasteiger partial charge in [-0.25, -0.2) is 5.43 Å². The van der Waals surface area contributed by atoms with Crippen LogP contribution in [0.5, 0.6) is 0 Å². The Labute approximate surface area is 142 Å². The quantitative estimate of drug-likeness (QED) is 0.431. The molecule has 0 aliphatic carbocycles. The van der Waals surface area contributed by atoms with Gasteiger partial charge in [-0.15, -0.1) is 0 Å². The Balaban J connectivity index is 2.13. The lowest BCUT2D eigenvalue weighted by atomic mass is 10.0. The van der Waals surface area contributed by atoms with Gasteiger partial charge in [0, 0.05) is 0 Å². The molecule has 120 valence electrons. The molecule has 0 saturated carbocycles. The van der Waals surface area contributed by atoms with Crippen LogP contribution in [0.2, 0.25) is 5.02 Å². The van der Waals surface area contributed by atoms with Gasteiger partial charge in [0.15, 0.2) is 0 Å². The van der Waals surface area contributed by atoms with Crippen LogP contribution in [0.4, 0.5) is 0 Å². The van der Waals surface area contributed by atoms with Gasteiger partial charge >= 0.3 is 0 Å². The van der Waals surface area contributed by atoms with Gasteiger partial charge in [0.2, 0.25) is 0 Å². The molecule has 0 aliphatic rings. The predicted molar refractivity (Wildman–Crippen MR) is 96.0 cm³/mol. The molecule has 2 rings (SSSR count). The number of carbonyl (C=O) groups is 1. The second kappa shape index (κ2) is 9.11. The molecule has 4 heteroatoms. The summed E-state index contributed by atoms with van der Waals surface area (Å²) < 4.78 is 0. The summed E-state index contributed by atoms with van der Waals surface area (Å²) in [5.74, 6) is -0.292. The third-order valence-corrected chi connectivity index (χ3v) is 3.86. The summed E-state index contributed by atoms with van der Waals surface area (Å²) in [5, 5.41) is 4.77. The number of hydrogen-bond donors (Lipinski definition) is 1. The van der Waals surface area contributed by atoms with Crippen LogP contribution in [0, 0.1) is 0 Å². The second-order valence-corrected chi connectivity index (χ2v) is 5.71. The van der Waals surface area contributed by atoms with Gasteiger partial charge in [-0.1, -0.05) is 73.8 Å². The fourth-order valence-corrected chi connectivity index (χ4v) is 2.48. The molecular formula is C19H21ClN2O. The molecule has 3 nitrogen and oxygen atoms in total. The van der Waals surface area contributed by atoms with Crippen LogP contribution in [0.25, 0.3) is 0 Å². The van der Waals surface area contributed by atoms with E-state index in [0.717, 1.165) is 37.0 Å². The van der Waals surface area contributed by atoms with Crippen molar-refractivity contribution >= 4 is 23.2 Å². The number of nitrogens with zero attached hydrogens (tertiary/aromatic N) is 1. The first kappa shape index (κ1) is 17.2. The molecule has 0 aliphatic heterocycles. The van der Waals surface area contributed by atoms with E-state index in [1.54, 1.807) is 24.3 Å². The van der Waals surface area contributed by atoms with E-state index in [9.17, 15) is 4.79 Å². The number of hydrogen-bond acceptors (Lipinski definition) is 2. The number of benzene rings is 2. The van der Waals surface area contributed by atoms with Gasteiger partial charge in [-0.05, 0) is 30.5 Å². The molecule has 0 saturated heterocycles. The van der Waals surface area contributed by atoms with E-state index in [-0.39, 0.29) is 5.91 Å². The molecule has 0 aromatic heterocycles. The first-order chi connectivity index (χ1) is 11.2. The summed E-state index contributed by atoms with van der Waals surface area (Å²) in [6.07, 6.45) is 4.17. The van der Waals surface area contributed by atoms with Gasteiger partial charge in [0.1, 0.15) is 0 Å². The molecule has 1 N–H and O–H groups in total. The molecule has 0 fully saturated rings. The van der Waals surface area contributed by atoms with Crippen molar-refractivity contribution < 1.29 is 4.79 Å². The zero-order valence-electron chi connectivity index (χ0n) is 13.3. The van der Waals surface area contributed by atoms with Gasteiger partial charge in [0.25, 0.3) is 5.91 Å². The van der Waals surface area contributed by atoms with E-state index < -0.39 is 0 Å². The Morgan fingerprint density at radius 2 is 1.74 bits per heavy atom. The van der Waals surface area contributed by atoms with Gasteiger partial charge in [0.05, 0.1) is 16.3 Å². The molecule has 0 radical (unpaired) electrons.